The first kappa shape index (κ1) is 32.1. The highest BCUT2D eigenvalue weighted by Crippen LogP contribution is 2.52. The number of rotatable bonds is 9. The molecule has 13 nitrogen and oxygen atoms in total. The Morgan fingerprint density at radius 3 is 2.37 bits per heavy atom. The summed E-state index contributed by atoms with van der Waals surface area (Å²) in [4.78, 5) is 82.3. The standard InChI is InChI=1S/C30H40N4O9/c1-6-7-8-9-43-29(41)32-13-15-12-18(33(2)3)16-10-14-11-17-22(34(4)5)25(37)21(28(31)40)27(39)30(17,42)26(38)19(14)24(36)20(16)23(15)35/h12,14,17,19,21-22,35,42H,6-11,13H2,1-5H3,(H2,31,40)(H,32,41)/t14-,17-,19?,21?,22-,30-/m1/s1. The number of fused-ring (bicyclic) bond motifs is 3. The van der Waals surface area contributed by atoms with Gasteiger partial charge < -0.3 is 30.9 Å². The number of primary amides is 1. The predicted molar refractivity (Wildman–Crippen MR) is 153 cm³/mol. The molecule has 13 heteroatoms. The predicted octanol–water partition coefficient (Wildman–Crippen LogP) is 0.349. The van der Waals surface area contributed by atoms with Crippen LogP contribution in [0.3, 0.4) is 0 Å². The number of ether oxygens (including phenoxy) is 1. The number of hydrogen-bond acceptors (Lipinski definition) is 11. The molecular weight excluding hydrogens is 560 g/mol. The van der Waals surface area contributed by atoms with Gasteiger partial charge in [-0.1, -0.05) is 19.8 Å². The molecule has 2 amide bonds. The number of aromatic hydroxyl groups is 1. The molecule has 2 fully saturated rings. The van der Waals surface area contributed by atoms with Crippen LogP contribution in [-0.4, -0.2) is 96.7 Å². The van der Waals surface area contributed by atoms with Gasteiger partial charge in [0.2, 0.25) is 5.91 Å². The summed E-state index contributed by atoms with van der Waals surface area (Å²) in [5, 5.41) is 25.6. The van der Waals surface area contributed by atoms with Crippen LogP contribution in [-0.2, 0) is 36.9 Å². The normalized spacial score (nSPS) is 28.2. The largest absolute Gasteiger partial charge is 0.507 e. The Hall–Kier alpha value is -3.84. The number of hydrogen-bond donors (Lipinski definition) is 4. The van der Waals surface area contributed by atoms with Crippen molar-refractivity contribution < 1.29 is 43.7 Å². The maximum Gasteiger partial charge on any atom is 0.407 e. The Balaban J connectivity index is 1.73. The van der Waals surface area contributed by atoms with Crippen LogP contribution >= 0.6 is 0 Å². The second-order valence-electron chi connectivity index (χ2n) is 12.1. The van der Waals surface area contributed by atoms with Gasteiger partial charge in [-0.15, -0.1) is 0 Å². The smallest absolute Gasteiger partial charge is 0.407 e. The number of carbonyl (C=O) groups excluding carboxylic acids is 6. The summed E-state index contributed by atoms with van der Waals surface area (Å²) in [7, 11) is 6.57. The number of anilines is 1. The fraction of sp³-hybridized carbons (Fsp3) is 0.600. The van der Waals surface area contributed by atoms with Crippen molar-refractivity contribution in [2.45, 2.75) is 57.2 Å². The molecule has 2 unspecified atom stereocenters. The third-order valence-electron chi connectivity index (χ3n) is 9.00. The minimum atomic E-state index is -2.79. The Kier molecular flexibility index (Phi) is 8.98. The highest BCUT2D eigenvalue weighted by atomic mass is 16.5. The van der Waals surface area contributed by atoms with Gasteiger partial charge in [-0.25, -0.2) is 4.79 Å². The van der Waals surface area contributed by atoms with E-state index in [2.05, 4.69) is 5.32 Å². The minimum absolute atomic E-state index is 0.0370. The van der Waals surface area contributed by atoms with E-state index in [9.17, 15) is 39.0 Å². The zero-order valence-corrected chi connectivity index (χ0v) is 25.1. The Morgan fingerprint density at radius 1 is 1.12 bits per heavy atom. The van der Waals surface area contributed by atoms with Gasteiger partial charge in [-0.2, -0.15) is 0 Å². The number of Topliss-reactive ketones (excluding diaryl/α,β-unsaturated/α-hetero) is 4. The molecule has 0 heterocycles. The number of carbonyl (C=O) groups is 6. The molecule has 2 saturated carbocycles. The van der Waals surface area contributed by atoms with E-state index in [0.717, 1.165) is 12.8 Å². The molecule has 0 spiro atoms. The number of nitrogens with zero attached hydrogens (tertiary/aromatic N) is 2. The van der Waals surface area contributed by atoms with Crippen molar-refractivity contribution in [1.82, 2.24) is 10.2 Å². The SMILES string of the molecule is CCCCCOC(=O)NCc1cc(N(C)C)c2c(c1O)C(=O)C1C(=O)[C@@]3(O)C(=O)C(C(N)=O)C(=O)[C@H](N(C)C)[C@H]3C[C@H]1C2. The minimum Gasteiger partial charge on any atom is -0.507 e. The molecule has 4 rings (SSSR count). The zero-order valence-electron chi connectivity index (χ0n) is 25.1. The number of nitrogens with two attached hydrogens (primary N) is 1. The van der Waals surface area contributed by atoms with Crippen LogP contribution < -0.4 is 16.0 Å². The average molecular weight is 601 g/mol. The van der Waals surface area contributed by atoms with Gasteiger partial charge in [0.15, 0.2) is 34.7 Å². The van der Waals surface area contributed by atoms with Crippen molar-refractivity contribution in [3.63, 3.8) is 0 Å². The molecule has 0 aromatic heterocycles. The molecule has 5 N–H and O–H groups in total. The molecule has 234 valence electrons. The van der Waals surface area contributed by atoms with E-state index < -0.39 is 76.2 Å². The van der Waals surface area contributed by atoms with Crippen LogP contribution in [0.5, 0.6) is 5.75 Å². The van der Waals surface area contributed by atoms with Crippen LogP contribution in [0.4, 0.5) is 10.5 Å². The molecular formula is C30H40N4O9. The molecule has 3 aliphatic rings. The quantitative estimate of drug-likeness (QED) is 0.225. The van der Waals surface area contributed by atoms with Gasteiger partial charge in [0.1, 0.15) is 5.75 Å². The summed E-state index contributed by atoms with van der Waals surface area (Å²) in [5.41, 5.74) is 3.70. The van der Waals surface area contributed by atoms with Crippen molar-refractivity contribution in [3.05, 3.63) is 22.8 Å². The number of phenols is 1. The maximum absolute atomic E-state index is 14.1. The molecule has 3 aliphatic carbocycles. The van der Waals surface area contributed by atoms with Crippen molar-refractivity contribution >= 4 is 40.8 Å². The van der Waals surface area contributed by atoms with Gasteiger partial charge in [-0.3, -0.25) is 28.9 Å². The van der Waals surface area contributed by atoms with Crippen LogP contribution in [0.15, 0.2) is 6.07 Å². The maximum atomic E-state index is 14.1. The summed E-state index contributed by atoms with van der Waals surface area (Å²) in [6, 6.07) is 0.479. The van der Waals surface area contributed by atoms with Gasteiger partial charge in [0.05, 0.1) is 24.1 Å². The van der Waals surface area contributed by atoms with E-state index in [-0.39, 0.29) is 37.1 Å². The Morgan fingerprint density at radius 2 is 1.79 bits per heavy atom. The summed E-state index contributed by atoms with van der Waals surface area (Å²) < 4.78 is 5.16. The molecule has 0 radical (unpaired) electrons. The topological polar surface area (TPSA) is 197 Å². The van der Waals surface area contributed by atoms with E-state index in [1.165, 1.54) is 19.0 Å². The summed E-state index contributed by atoms with van der Waals surface area (Å²) in [5.74, 6) is -11.1. The third kappa shape index (κ3) is 5.29. The van der Waals surface area contributed by atoms with Gasteiger partial charge >= 0.3 is 6.09 Å². The molecule has 1 aromatic rings. The highest BCUT2D eigenvalue weighted by Gasteiger charge is 2.69. The fourth-order valence-corrected chi connectivity index (χ4v) is 6.98. The lowest BCUT2D eigenvalue weighted by atomic mass is 9.52. The fourth-order valence-electron chi connectivity index (χ4n) is 6.98. The van der Waals surface area contributed by atoms with Crippen molar-refractivity contribution in [2.24, 2.45) is 29.4 Å². The van der Waals surface area contributed by atoms with E-state index in [4.69, 9.17) is 10.5 Å². The Labute approximate surface area is 249 Å². The van der Waals surface area contributed by atoms with Gasteiger partial charge in [0, 0.05) is 37.8 Å². The highest BCUT2D eigenvalue weighted by molar-refractivity contribution is 6.32. The Bertz CT molecular complexity index is 1370. The first-order valence-electron chi connectivity index (χ1n) is 14.5. The second-order valence-corrected chi connectivity index (χ2v) is 12.1. The van der Waals surface area contributed by atoms with Crippen LogP contribution in [0, 0.1) is 23.7 Å². The number of amides is 2. The van der Waals surface area contributed by atoms with Crippen molar-refractivity contribution in [2.75, 3.05) is 39.7 Å². The van der Waals surface area contributed by atoms with E-state index in [1.54, 1.807) is 25.1 Å². The molecule has 1 aromatic carbocycles. The lowest BCUT2D eigenvalue weighted by Gasteiger charge is -2.52. The number of likely N-dealkylation sites (N-methyl/N-ethyl adjacent to an activating group) is 1. The molecule has 0 aliphatic heterocycles. The number of phenolic OH excluding ortho intramolecular Hbond substituents is 1. The van der Waals surface area contributed by atoms with Crippen LogP contribution in [0.25, 0.3) is 0 Å². The zero-order chi connectivity index (χ0) is 32.0. The number of unbranched alkanes of at least 4 members (excludes halogenated alkanes) is 2. The average Bonchev–Trinajstić information content (AvgIpc) is 2.92. The van der Waals surface area contributed by atoms with E-state index >= 15 is 0 Å². The number of nitrogens with one attached hydrogen (secondary N) is 1. The van der Waals surface area contributed by atoms with E-state index in [0.29, 0.717) is 17.7 Å². The monoisotopic (exact) mass is 600 g/mol. The van der Waals surface area contributed by atoms with Gasteiger partial charge in [-0.05, 0) is 50.9 Å². The van der Waals surface area contributed by atoms with E-state index in [1.807, 2.05) is 6.92 Å². The van der Waals surface area contributed by atoms with Crippen molar-refractivity contribution in [3.8, 4) is 5.75 Å². The molecule has 6 atom stereocenters. The van der Waals surface area contributed by atoms with Crippen molar-refractivity contribution in [1.29, 1.82) is 0 Å². The molecule has 0 bridgehead atoms. The molecule has 0 saturated heterocycles. The van der Waals surface area contributed by atoms with Crippen LogP contribution in [0.1, 0.15) is 54.1 Å². The lowest BCUT2D eigenvalue weighted by Crippen LogP contribution is -2.74. The first-order valence-corrected chi connectivity index (χ1v) is 14.5. The molecule has 43 heavy (non-hydrogen) atoms. The second kappa shape index (κ2) is 12.0. The number of aliphatic hydroxyl groups is 1. The summed E-state index contributed by atoms with van der Waals surface area (Å²) >= 11 is 0. The number of ketones is 4. The number of benzene rings is 1. The van der Waals surface area contributed by atoms with Crippen LogP contribution in [0.2, 0.25) is 0 Å². The summed E-state index contributed by atoms with van der Waals surface area (Å²) in [6.45, 7) is 2.10. The van der Waals surface area contributed by atoms with Gasteiger partial charge in [0.25, 0.3) is 0 Å². The first-order chi connectivity index (χ1) is 20.2. The lowest BCUT2D eigenvalue weighted by molar-refractivity contribution is -0.181. The number of alkyl carbamates (subject to hydrolysis) is 1. The third-order valence-corrected chi connectivity index (χ3v) is 9.00. The summed E-state index contributed by atoms with van der Waals surface area (Å²) in [6.07, 6.45) is 2.00.